The molecule has 0 spiro atoms. The first-order valence-electron chi connectivity index (χ1n) is 6.45. The minimum atomic E-state index is -4.08. The molecule has 0 bridgehead atoms. The molecule has 1 aliphatic carbocycles. The Balaban J connectivity index is 2.38. The Morgan fingerprint density at radius 1 is 1.18 bits per heavy atom. The molecule has 1 fully saturated rings. The first-order valence-corrected chi connectivity index (χ1v) is 6.45. The highest BCUT2D eigenvalue weighted by Gasteiger charge is 2.31. The second-order valence-corrected chi connectivity index (χ2v) is 5.13. The Morgan fingerprint density at radius 3 is 2.24 bits per heavy atom. The summed E-state index contributed by atoms with van der Waals surface area (Å²) in [6.07, 6.45) is 0.536. The largest absolute Gasteiger partial charge is 0.401 e. The number of nitrogens with zero attached hydrogens (tertiary/aromatic N) is 1. The first-order chi connectivity index (χ1) is 7.90. The summed E-state index contributed by atoms with van der Waals surface area (Å²) < 4.78 is 37.2. The summed E-state index contributed by atoms with van der Waals surface area (Å²) >= 11 is 0. The van der Waals surface area contributed by atoms with Crippen LogP contribution >= 0.6 is 0 Å². The van der Waals surface area contributed by atoms with E-state index in [9.17, 15) is 13.2 Å². The zero-order chi connectivity index (χ0) is 12.9. The third-order valence-electron chi connectivity index (χ3n) is 3.35. The summed E-state index contributed by atoms with van der Waals surface area (Å²) in [5.41, 5.74) is 5.79. The lowest BCUT2D eigenvalue weighted by molar-refractivity contribution is -0.147. The lowest BCUT2D eigenvalue weighted by Gasteiger charge is -2.31. The molecule has 2 nitrogen and oxygen atoms in total. The van der Waals surface area contributed by atoms with Crippen LogP contribution in [0.15, 0.2) is 0 Å². The quantitative estimate of drug-likeness (QED) is 0.815. The van der Waals surface area contributed by atoms with Crippen LogP contribution in [0.25, 0.3) is 0 Å². The summed E-state index contributed by atoms with van der Waals surface area (Å²) in [7, 11) is 0. The minimum absolute atomic E-state index is 0.258. The van der Waals surface area contributed by atoms with Crippen LogP contribution in [0.1, 0.15) is 39.0 Å². The summed E-state index contributed by atoms with van der Waals surface area (Å²) in [6.45, 7) is 2.24. The molecule has 0 unspecified atom stereocenters. The molecular weight excluding hydrogens is 229 g/mol. The molecular formula is C12H23F3N2. The molecule has 0 aromatic carbocycles. The first kappa shape index (κ1) is 14.8. The number of alkyl halides is 3. The maximum Gasteiger partial charge on any atom is 0.401 e. The Bertz CT molecular complexity index is 210. The molecule has 1 saturated carbocycles. The van der Waals surface area contributed by atoms with Gasteiger partial charge in [0.15, 0.2) is 0 Å². The SMILES string of the molecule is CCCN(CC1CCC(N)CC1)CC(F)(F)F. The third-order valence-corrected chi connectivity index (χ3v) is 3.35. The third kappa shape index (κ3) is 6.27. The molecule has 0 saturated heterocycles. The van der Waals surface area contributed by atoms with Crippen molar-refractivity contribution >= 4 is 0 Å². The van der Waals surface area contributed by atoms with Crippen molar-refractivity contribution in [1.82, 2.24) is 4.90 Å². The van der Waals surface area contributed by atoms with Gasteiger partial charge < -0.3 is 5.73 Å². The second-order valence-electron chi connectivity index (χ2n) is 5.13. The lowest BCUT2D eigenvalue weighted by atomic mass is 9.86. The molecule has 0 aliphatic heterocycles. The monoisotopic (exact) mass is 252 g/mol. The zero-order valence-corrected chi connectivity index (χ0v) is 10.5. The van der Waals surface area contributed by atoms with E-state index in [4.69, 9.17) is 5.73 Å². The predicted octanol–water partition coefficient (Wildman–Crippen LogP) is 2.78. The van der Waals surface area contributed by atoms with E-state index in [0.29, 0.717) is 19.0 Å². The number of hydrogen-bond donors (Lipinski definition) is 1. The van der Waals surface area contributed by atoms with Crippen molar-refractivity contribution in [3.63, 3.8) is 0 Å². The summed E-state index contributed by atoms with van der Waals surface area (Å²) in [5, 5.41) is 0. The van der Waals surface area contributed by atoms with Crippen molar-refractivity contribution in [1.29, 1.82) is 0 Å². The fourth-order valence-electron chi connectivity index (χ4n) is 2.54. The van der Waals surface area contributed by atoms with Crippen LogP contribution in [-0.4, -0.2) is 36.8 Å². The summed E-state index contributed by atoms with van der Waals surface area (Å²) in [5.74, 6) is 0.392. The maximum absolute atomic E-state index is 12.4. The Kier molecular flexibility index (Phi) is 5.73. The molecule has 2 N–H and O–H groups in total. The predicted molar refractivity (Wildman–Crippen MR) is 62.7 cm³/mol. The highest BCUT2D eigenvalue weighted by atomic mass is 19.4. The van der Waals surface area contributed by atoms with Gasteiger partial charge in [0.1, 0.15) is 0 Å². The van der Waals surface area contributed by atoms with Crippen LogP contribution in [0.4, 0.5) is 13.2 Å². The van der Waals surface area contributed by atoms with Crippen molar-refractivity contribution in [3.05, 3.63) is 0 Å². The fourth-order valence-corrected chi connectivity index (χ4v) is 2.54. The van der Waals surface area contributed by atoms with Gasteiger partial charge in [-0.1, -0.05) is 6.92 Å². The molecule has 0 atom stereocenters. The van der Waals surface area contributed by atoms with Crippen molar-refractivity contribution in [2.75, 3.05) is 19.6 Å². The van der Waals surface area contributed by atoms with E-state index >= 15 is 0 Å². The standard InChI is InChI=1S/C12H23F3N2/c1-2-7-17(9-12(13,14)15)8-10-3-5-11(16)6-4-10/h10-11H,2-9,16H2,1H3. The average molecular weight is 252 g/mol. The van der Waals surface area contributed by atoms with Gasteiger partial charge in [0.25, 0.3) is 0 Å². The van der Waals surface area contributed by atoms with Crippen LogP contribution in [0.2, 0.25) is 0 Å². The van der Waals surface area contributed by atoms with Gasteiger partial charge in [-0.15, -0.1) is 0 Å². The molecule has 0 aromatic heterocycles. The number of halogens is 3. The van der Waals surface area contributed by atoms with Gasteiger partial charge in [-0.25, -0.2) is 0 Å². The van der Waals surface area contributed by atoms with Crippen LogP contribution in [0.3, 0.4) is 0 Å². The van der Waals surface area contributed by atoms with Crippen LogP contribution < -0.4 is 5.73 Å². The van der Waals surface area contributed by atoms with Crippen molar-refractivity contribution in [2.24, 2.45) is 11.7 Å². The van der Waals surface area contributed by atoms with Crippen molar-refractivity contribution < 1.29 is 13.2 Å². The van der Waals surface area contributed by atoms with E-state index in [2.05, 4.69) is 0 Å². The topological polar surface area (TPSA) is 29.3 Å². The lowest BCUT2D eigenvalue weighted by Crippen LogP contribution is -2.39. The normalized spacial score (nSPS) is 26.5. The van der Waals surface area contributed by atoms with Crippen molar-refractivity contribution in [3.8, 4) is 0 Å². The molecule has 1 rings (SSSR count). The number of hydrogen-bond acceptors (Lipinski definition) is 2. The van der Waals surface area contributed by atoms with E-state index in [-0.39, 0.29) is 6.04 Å². The van der Waals surface area contributed by atoms with Crippen molar-refractivity contribution in [2.45, 2.75) is 51.2 Å². The number of rotatable bonds is 5. The van der Waals surface area contributed by atoms with Gasteiger partial charge in [0.05, 0.1) is 6.54 Å². The molecule has 0 aromatic rings. The smallest absolute Gasteiger partial charge is 0.328 e. The van der Waals surface area contributed by atoms with E-state index in [1.54, 1.807) is 4.90 Å². The Morgan fingerprint density at radius 2 is 1.76 bits per heavy atom. The highest BCUT2D eigenvalue weighted by Crippen LogP contribution is 2.25. The van der Waals surface area contributed by atoms with Gasteiger partial charge in [-0.05, 0) is 44.6 Å². The zero-order valence-electron chi connectivity index (χ0n) is 10.5. The van der Waals surface area contributed by atoms with Crippen LogP contribution in [0, 0.1) is 5.92 Å². The van der Waals surface area contributed by atoms with Gasteiger partial charge in [-0.3, -0.25) is 4.90 Å². The van der Waals surface area contributed by atoms with Crippen LogP contribution in [-0.2, 0) is 0 Å². The van der Waals surface area contributed by atoms with Crippen LogP contribution in [0.5, 0.6) is 0 Å². The molecule has 5 heteroatoms. The molecule has 1 aliphatic rings. The van der Waals surface area contributed by atoms with E-state index in [1.807, 2.05) is 6.92 Å². The van der Waals surface area contributed by atoms with Gasteiger partial charge in [0, 0.05) is 12.6 Å². The van der Waals surface area contributed by atoms with E-state index in [1.165, 1.54) is 0 Å². The molecule has 0 radical (unpaired) electrons. The van der Waals surface area contributed by atoms with E-state index in [0.717, 1.165) is 32.1 Å². The number of nitrogens with two attached hydrogens (primary N) is 1. The van der Waals surface area contributed by atoms with E-state index < -0.39 is 12.7 Å². The Hall–Kier alpha value is -0.290. The highest BCUT2D eigenvalue weighted by molar-refractivity contribution is 4.77. The maximum atomic E-state index is 12.4. The summed E-state index contributed by atoms with van der Waals surface area (Å²) in [4.78, 5) is 1.54. The van der Waals surface area contributed by atoms with Gasteiger partial charge >= 0.3 is 6.18 Å². The summed E-state index contributed by atoms with van der Waals surface area (Å²) in [6, 6.07) is 0.258. The molecule has 0 heterocycles. The molecule has 17 heavy (non-hydrogen) atoms. The second kappa shape index (κ2) is 6.59. The molecule has 102 valence electrons. The Labute approximate surface area is 101 Å². The fraction of sp³-hybridized carbons (Fsp3) is 1.00. The molecule has 0 amide bonds. The minimum Gasteiger partial charge on any atom is -0.328 e. The van der Waals surface area contributed by atoms with Gasteiger partial charge in [-0.2, -0.15) is 13.2 Å². The average Bonchev–Trinajstić information content (AvgIpc) is 2.19. The van der Waals surface area contributed by atoms with Gasteiger partial charge in [0.2, 0.25) is 0 Å².